The summed E-state index contributed by atoms with van der Waals surface area (Å²) in [5, 5.41) is 40.5. The van der Waals surface area contributed by atoms with E-state index >= 15 is 0 Å². The van der Waals surface area contributed by atoms with Gasteiger partial charge in [0.25, 0.3) is 0 Å². The van der Waals surface area contributed by atoms with Crippen LogP contribution in [0.2, 0.25) is 0 Å². The molecule has 5 atom stereocenters. The van der Waals surface area contributed by atoms with Crippen molar-refractivity contribution in [1.29, 1.82) is 0 Å². The first-order valence-corrected chi connectivity index (χ1v) is 8.72. The van der Waals surface area contributed by atoms with Crippen LogP contribution in [0.25, 0.3) is 0 Å². The molecule has 0 aliphatic carbocycles. The normalized spacial score (nSPS) is 29.0. The number of ether oxygens (including phenoxy) is 1. The van der Waals surface area contributed by atoms with Gasteiger partial charge < -0.3 is 25.2 Å². The molecule has 6 heteroatoms. The van der Waals surface area contributed by atoms with Crippen molar-refractivity contribution in [1.82, 2.24) is 4.90 Å². The van der Waals surface area contributed by atoms with Gasteiger partial charge in [0.1, 0.15) is 18.3 Å². The first kappa shape index (κ1) is 19.0. The van der Waals surface area contributed by atoms with Gasteiger partial charge in [-0.15, -0.1) is 0 Å². The fourth-order valence-electron chi connectivity index (χ4n) is 3.38. The molecule has 0 aromatic heterocycles. The van der Waals surface area contributed by atoms with Gasteiger partial charge in [-0.25, -0.2) is 0 Å². The van der Waals surface area contributed by atoms with Crippen LogP contribution in [0.3, 0.4) is 0 Å². The maximum absolute atomic E-state index is 10.6. The zero-order valence-electron chi connectivity index (χ0n) is 14.4. The minimum absolute atomic E-state index is 0.467. The number of rotatable bonds is 6. The van der Waals surface area contributed by atoms with Crippen molar-refractivity contribution in [2.24, 2.45) is 0 Å². The van der Waals surface area contributed by atoms with Crippen LogP contribution < -0.4 is 0 Å². The fourth-order valence-corrected chi connectivity index (χ4v) is 3.38. The molecule has 0 radical (unpaired) electrons. The third-order valence-electron chi connectivity index (χ3n) is 4.75. The van der Waals surface area contributed by atoms with E-state index in [1.54, 1.807) is 0 Å². The van der Waals surface area contributed by atoms with Gasteiger partial charge in [0.2, 0.25) is 0 Å². The van der Waals surface area contributed by atoms with Gasteiger partial charge in [-0.1, -0.05) is 60.7 Å². The molecule has 0 saturated carbocycles. The zero-order valence-corrected chi connectivity index (χ0v) is 14.4. The van der Waals surface area contributed by atoms with E-state index in [2.05, 4.69) is 0 Å². The highest BCUT2D eigenvalue weighted by Crippen LogP contribution is 2.26. The third-order valence-corrected chi connectivity index (χ3v) is 4.75. The average Bonchev–Trinajstić information content (AvgIpc) is 2.66. The van der Waals surface area contributed by atoms with Crippen LogP contribution >= 0.6 is 0 Å². The van der Waals surface area contributed by atoms with E-state index in [0.29, 0.717) is 13.1 Å². The summed E-state index contributed by atoms with van der Waals surface area (Å²) in [5.41, 5.74) is 2.03. The highest BCUT2D eigenvalue weighted by molar-refractivity contribution is 5.18. The van der Waals surface area contributed by atoms with Crippen molar-refractivity contribution in [3.8, 4) is 0 Å². The fraction of sp³-hybridized carbons (Fsp3) is 0.400. The number of nitrogens with zero attached hydrogens (tertiary/aromatic N) is 1. The lowest BCUT2D eigenvalue weighted by Crippen LogP contribution is -2.63. The minimum Gasteiger partial charge on any atom is -0.394 e. The molecule has 0 spiro atoms. The Balaban J connectivity index is 1.86. The standard InChI is InChI=1S/C20H25NO5/c22-13-16-18(23)19(24)17(20(25)26-16)21(11-14-7-3-1-4-8-14)12-15-9-5-2-6-10-15/h1-10,16-20,22-25H,11-13H2/t16-,17+,18-,19-,20+/m1/s1. The van der Waals surface area contributed by atoms with Crippen molar-refractivity contribution >= 4 is 0 Å². The predicted molar refractivity (Wildman–Crippen MR) is 95.9 cm³/mol. The summed E-state index contributed by atoms with van der Waals surface area (Å²) in [7, 11) is 0. The van der Waals surface area contributed by atoms with E-state index in [9.17, 15) is 20.4 Å². The lowest BCUT2D eigenvalue weighted by molar-refractivity contribution is -0.274. The van der Waals surface area contributed by atoms with Crippen molar-refractivity contribution < 1.29 is 25.2 Å². The van der Waals surface area contributed by atoms with E-state index in [-0.39, 0.29) is 0 Å². The van der Waals surface area contributed by atoms with Gasteiger partial charge >= 0.3 is 0 Å². The summed E-state index contributed by atoms with van der Waals surface area (Å²) < 4.78 is 5.34. The molecule has 2 aromatic carbocycles. The van der Waals surface area contributed by atoms with Gasteiger partial charge in [0.15, 0.2) is 6.29 Å². The Morgan fingerprint density at radius 1 is 0.769 bits per heavy atom. The Labute approximate surface area is 152 Å². The molecule has 2 aromatic rings. The quantitative estimate of drug-likeness (QED) is 0.600. The number of benzene rings is 2. The zero-order chi connectivity index (χ0) is 18.5. The van der Waals surface area contributed by atoms with E-state index in [0.717, 1.165) is 11.1 Å². The first-order valence-electron chi connectivity index (χ1n) is 8.72. The smallest absolute Gasteiger partial charge is 0.173 e. The maximum Gasteiger partial charge on any atom is 0.173 e. The molecule has 0 amide bonds. The number of hydrogen-bond acceptors (Lipinski definition) is 6. The van der Waals surface area contributed by atoms with Gasteiger partial charge in [-0.2, -0.15) is 0 Å². The van der Waals surface area contributed by atoms with E-state index in [4.69, 9.17) is 4.74 Å². The summed E-state index contributed by atoms with van der Waals surface area (Å²) >= 11 is 0. The molecule has 1 heterocycles. The molecular weight excluding hydrogens is 334 g/mol. The molecule has 1 saturated heterocycles. The van der Waals surface area contributed by atoms with E-state index < -0.39 is 37.3 Å². The van der Waals surface area contributed by atoms with Gasteiger partial charge in [-0.3, -0.25) is 4.90 Å². The monoisotopic (exact) mass is 359 g/mol. The topological polar surface area (TPSA) is 93.4 Å². The summed E-state index contributed by atoms with van der Waals surface area (Å²) in [6.45, 7) is 0.460. The molecule has 0 bridgehead atoms. The molecular formula is C20H25NO5. The number of hydrogen-bond donors (Lipinski definition) is 4. The number of aliphatic hydroxyl groups is 4. The van der Waals surface area contributed by atoms with Gasteiger partial charge in [0, 0.05) is 13.1 Å². The van der Waals surface area contributed by atoms with Crippen LogP contribution in [0.4, 0.5) is 0 Å². The molecule has 1 aliphatic rings. The Morgan fingerprint density at radius 3 is 1.73 bits per heavy atom. The maximum atomic E-state index is 10.6. The first-order chi connectivity index (χ1) is 12.6. The van der Waals surface area contributed by atoms with Crippen LogP contribution in [0.5, 0.6) is 0 Å². The highest BCUT2D eigenvalue weighted by atomic mass is 16.6. The Hall–Kier alpha value is -1.80. The Bertz CT molecular complexity index is 627. The second-order valence-corrected chi connectivity index (χ2v) is 6.60. The van der Waals surface area contributed by atoms with Crippen molar-refractivity contribution in [2.75, 3.05) is 6.61 Å². The molecule has 26 heavy (non-hydrogen) atoms. The van der Waals surface area contributed by atoms with Crippen LogP contribution in [0, 0.1) is 0 Å². The van der Waals surface area contributed by atoms with Crippen LogP contribution in [0.1, 0.15) is 11.1 Å². The largest absolute Gasteiger partial charge is 0.394 e. The summed E-state index contributed by atoms with van der Waals surface area (Å²) in [4.78, 5) is 1.89. The SMILES string of the molecule is OC[C@H]1O[C@H](O)[C@@H](N(Cc2ccccc2)Cc2ccccc2)[C@@H](O)[C@@H]1O. The summed E-state index contributed by atoms with van der Waals surface area (Å²) in [5.74, 6) is 0. The molecule has 6 nitrogen and oxygen atoms in total. The lowest BCUT2D eigenvalue weighted by Gasteiger charge is -2.45. The van der Waals surface area contributed by atoms with Crippen LogP contribution in [-0.2, 0) is 17.8 Å². The average molecular weight is 359 g/mol. The molecule has 140 valence electrons. The lowest BCUT2D eigenvalue weighted by atomic mass is 9.95. The Morgan fingerprint density at radius 2 is 1.27 bits per heavy atom. The van der Waals surface area contributed by atoms with Gasteiger partial charge in [0.05, 0.1) is 12.6 Å². The van der Waals surface area contributed by atoms with Crippen molar-refractivity contribution in [3.05, 3.63) is 71.8 Å². The summed E-state index contributed by atoms with van der Waals surface area (Å²) in [6.07, 6.45) is -4.85. The van der Waals surface area contributed by atoms with E-state index in [1.165, 1.54) is 0 Å². The molecule has 0 unspecified atom stereocenters. The van der Waals surface area contributed by atoms with Gasteiger partial charge in [-0.05, 0) is 11.1 Å². The second-order valence-electron chi connectivity index (χ2n) is 6.60. The molecule has 1 aliphatic heterocycles. The summed E-state index contributed by atoms with van der Waals surface area (Å²) in [6, 6.07) is 18.6. The molecule has 1 fully saturated rings. The molecule has 3 rings (SSSR count). The van der Waals surface area contributed by atoms with E-state index in [1.807, 2.05) is 65.6 Å². The second kappa shape index (κ2) is 8.73. The minimum atomic E-state index is -1.32. The number of aliphatic hydroxyl groups excluding tert-OH is 4. The van der Waals surface area contributed by atoms with Crippen molar-refractivity contribution in [3.63, 3.8) is 0 Å². The predicted octanol–water partition coefficient (Wildman–Crippen LogP) is 0.489. The highest BCUT2D eigenvalue weighted by Gasteiger charge is 2.46. The Kier molecular flexibility index (Phi) is 6.37. The molecule has 4 N–H and O–H groups in total. The van der Waals surface area contributed by atoms with Crippen molar-refractivity contribution in [2.45, 2.75) is 43.7 Å². The van der Waals surface area contributed by atoms with Crippen LogP contribution in [0.15, 0.2) is 60.7 Å². The third kappa shape index (κ3) is 4.29. The van der Waals surface area contributed by atoms with Crippen LogP contribution in [-0.4, -0.2) is 62.6 Å².